The molecule has 13 nitrogen and oxygen atoms in total. The number of nitroso groups, excluding NO2 is 1. The standard InChI is InChI=1S/C14H20ClN5O8/c1-6-4-19(13(25)17-11(6)24)12-8(10(23)9(22)7(5-21)28-12)16-14(26)20(18-27)3-2-15/h4,7-10,12,21-23H,2-3,5H2,1H3,(H,16,26)(H,17,24,25)/t7-,8+,9-,10-,12-/m1/s1. The van der Waals surface area contributed by atoms with E-state index in [9.17, 15) is 34.6 Å². The van der Waals surface area contributed by atoms with Crippen molar-refractivity contribution in [2.75, 3.05) is 19.0 Å². The molecular formula is C14H20ClN5O8. The average molecular weight is 422 g/mol. The number of carbonyl (C=O) groups excluding carboxylic acids is 1. The van der Waals surface area contributed by atoms with Crippen LogP contribution in [-0.4, -0.2) is 79.3 Å². The molecule has 0 aliphatic carbocycles. The van der Waals surface area contributed by atoms with Gasteiger partial charge in [-0.25, -0.2) is 9.59 Å². The van der Waals surface area contributed by atoms with E-state index in [0.717, 1.165) is 10.8 Å². The van der Waals surface area contributed by atoms with Crippen molar-refractivity contribution in [3.63, 3.8) is 0 Å². The number of urea groups is 1. The number of aromatic amines is 1. The first-order valence-electron chi connectivity index (χ1n) is 8.17. The molecule has 0 aromatic carbocycles. The third kappa shape index (κ3) is 4.39. The zero-order valence-corrected chi connectivity index (χ0v) is 15.4. The van der Waals surface area contributed by atoms with Crippen molar-refractivity contribution in [3.05, 3.63) is 37.5 Å². The predicted octanol–water partition coefficient (Wildman–Crippen LogP) is -2.24. The average Bonchev–Trinajstić information content (AvgIpc) is 2.66. The van der Waals surface area contributed by atoms with Gasteiger partial charge in [-0.05, 0) is 6.92 Å². The molecular weight excluding hydrogens is 402 g/mol. The number of amides is 2. The van der Waals surface area contributed by atoms with E-state index in [-0.39, 0.29) is 18.0 Å². The Bertz CT molecular complexity index is 829. The first-order chi connectivity index (χ1) is 13.2. The van der Waals surface area contributed by atoms with Gasteiger partial charge in [-0.3, -0.25) is 14.3 Å². The van der Waals surface area contributed by atoms with E-state index in [1.807, 2.05) is 4.98 Å². The molecule has 156 valence electrons. The van der Waals surface area contributed by atoms with Crippen molar-refractivity contribution in [2.24, 2.45) is 5.29 Å². The van der Waals surface area contributed by atoms with Crippen LogP contribution in [0.15, 0.2) is 21.1 Å². The Hall–Kier alpha value is -2.32. The fourth-order valence-electron chi connectivity index (χ4n) is 2.74. The first-order valence-corrected chi connectivity index (χ1v) is 8.70. The first kappa shape index (κ1) is 22.0. The molecule has 1 aliphatic rings. The molecule has 5 N–H and O–H groups in total. The molecule has 2 heterocycles. The fraction of sp³-hybridized carbons (Fsp3) is 0.643. The molecule has 1 aromatic rings. The van der Waals surface area contributed by atoms with Crippen LogP contribution in [0.25, 0.3) is 0 Å². The normalized spacial score (nSPS) is 27.2. The van der Waals surface area contributed by atoms with E-state index >= 15 is 0 Å². The molecule has 0 unspecified atom stereocenters. The molecule has 5 atom stereocenters. The van der Waals surface area contributed by atoms with Crippen molar-refractivity contribution < 1.29 is 24.9 Å². The molecule has 1 saturated heterocycles. The quantitative estimate of drug-likeness (QED) is 0.193. The molecule has 0 radical (unpaired) electrons. The highest BCUT2D eigenvalue weighted by Gasteiger charge is 2.46. The van der Waals surface area contributed by atoms with Gasteiger partial charge in [-0.2, -0.15) is 5.01 Å². The van der Waals surface area contributed by atoms with Crippen LogP contribution < -0.4 is 16.6 Å². The van der Waals surface area contributed by atoms with E-state index in [4.69, 9.17) is 16.3 Å². The summed E-state index contributed by atoms with van der Waals surface area (Å²) < 4.78 is 6.37. The molecule has 2 amide bonds. The molecule has 0 bridgehead atoms. The second-order valence-electron chi connectivity index (χ2n) is 6.08. The topological polar surface area (TPSA) is 187 Å². The number of ether oxygens (including phenoxy) is 1. The Morgan fingerprint density at radius 1 is 1.43 bits per heavy atom. The summed E-state index contributed by atoms with van der Waals surface area (Å²) >= 11 is 5.49. The maximum absolute atomic E-state index is 12.2. The maximum atomic E-state index is 12.2. The molecule has 14 heteroatoms. The fourth-order valence-corrected chi connectivity index (χ4v) is 2.90. The third-order valence-corrected chi connectivity index (χ3v) is 4.41. The second-order valence-corrected chi connectivity index (χ2v) is 6.45. The van der Waals surface area contributed by atoms with Gasteiger partial charge in [0, 0.05) is 17.6 Å². The molecule has 2 rings (SSSR count). The molecule has 1 aromatic heterocycles. The van der Waals surface area contributed by atoms with E-state index in [1.165, 1.54) is 6.92 Å². The lowest BCUT2D eigenvalue weighted by molar-refractivity contribution is -0.215. The number of nitrogens with one attached hydrogen (secondary N) is 2. The minimum Gasteiger partial charge on any atom is -0.394 e. The number of H-pyrrole nitrogens is 1. The number of halogens is 1. The van der Waals surface area contributed by atoms with E-state index in [2.05, 4.69) is 10.6 Å². The van der Waals surface area contributed by atoms with Gasteiger partial charge in [0.1, 0.15) is 24.4 Å². The van der Waals surface area contributed by atoms with E-state index < -0.39 is 54.5 Å². The van der Waals surface area contributed by atoms with Crippen LogP contribution in [0.5, 0.6) is 0 Å². The number of nitrogens with zero attached hydrogens (tertiary/aromatic N) is 3. The maximum Gasteiger partial charge on any atom is 0.340 e. The highest BCUT2D eigenvalue weighted by Crippen LogP contribution is 2.27. The molecule has 28 heavy (non-hydrogen) atoms. The number of hydrogen-bond acceptors (Lipinski definition) is 9. The number of aliphatic hydroxyl groups is 3. The van der Waals surface area contributed by atoms with Gasteiger partial charge in [-0.1, -0.05) is 0 Å². The van der Waals surface area contributed by atoms with Gasteiger partial charge < -0.3 is 25.4 Å². The van der Waals surface area contributed by atoms with Crippen molar-refractivity contribution in [1.82, 2.24) is 19.9 Å². The summed E-state index contributed by atoms with van der Waals surface area (Å²) in [5, 5.41) is 35.1. The minimum atomic E-state index is -1.69. The largest absolute Gasteiger partial charge is 0.394 e. The summed E-state index contributed by atoms with van der Waals surface area (Å²) in [6, 6.07) is -2.50. The van der Waals surface area contributed by atoms with Gasteiger partial charge in [0.05, 0.1) is 18.4 Å². The highest BCUT2D eigenvalue weighted by molar-refractivity contribution is 6.18. The Balaban J connectivity index is 2.44. The van der Waals surface area contributed by atoms with Gasteiger partial charge in [0.25, 0.3) is 5.56 Å². The van der Waals surface area contributed by atoms with Gasteiger partial charge in [0.15, 0.2) is 6.23 Å². The summed E-state index contributed by atoms with van der Waals surface area (Å²) in [5.74, 6) is -0.0971. The Morgan fingerprint density at radius 3 is 2.68 bits per heavy atom. The van der Waals surface area contributed by atoms with Crippen LogP contribution in [0.2, 0.25) is 0 Å². The van der Waals surface area contributed by atoms with Crippen molar-refractivity contribution >= 4 is 17.6 Å². The smallest absolute Gasteiger partial charge is 0.340 e. The van der Waals surface area contributed by atoms with Crippen LogP contribution in [0, 0.1) is 11.8 Å². The Morgan fingerprint density at radius 2 is 2.11 bits per heavy atom. The van der Waals surface area contributed by atoms with Crippen molar-refractivity contribution in [1.29, 1.82) is 0 Å². The zero-order valence-electron chi connectivity index (χ0n) is 14.7. The zero-order chi connectivity index (χ0) is 21.0. The lowest BCUT2D eigenvalue weighted by Crippen LogP contribution is -2.64. The molecule has 0 saturated carbocycles. The summed E-state index contributed by atoms with van der Waals surface area (Å²) in [6.07, 6.45) is -4.87. The van der Waals surface area contributed by atoms with Crippen LogP contribution in [0.1, 0.15) is 11.8 Å². The van der Waals surface area contributed by atoms with Crippen LogP contribution in [0.4, 0.5) is 4.79 Å². The van der Waals surface area contributed by atoms with Crippen molar-refractivity contribution in [2.45, 2.75) is 37.5 Å². The van der Waals surface area contributed by atoms with Crippen LogP contribution >= 0.6 is 11.6 Å². The highest BCUT2D eigenvalue weighted by atomic mass is 35.5. The number of carbonyl (C=O) groups is 1. The lowest BCUT2D eigenvalue weighted by atomic mass is 9.96. The van der Waals surface area contributed by atoms with Gasteiger partial charge in [0.2, 0.25) is 0 Å². The van der Waals surface area contributed by atoms with E-state index in [0.29, 0.717) is 5.01 Å². The summed E-state index contributed by atoms with van der Waals surface area (Å²) in [6.45, 7) is 0.490. The Kier molecular flexibility index (Phi) is 7.26. The van der Waals surface area contributed by atoms with Gasteiger partial charge >= 0.3 is 11.7 Å². The number of alkyl halides is 1. The summed E-state index contributed by atoms with van der Waals surface area (Å²) in [7, 11) is 0. The number of hydrogen-bond donors (Lipinski definition) is 5. The molecule has 1 fully saturated rings. The lowest BCUT2D eigenvalue weighted by Gasteiger charge is -2.43. The summed E-state index contributed by atoms with van der Waals surface area (Å²) in [5.41, 5.74) is -1.42. The van der Waals surface area contributed by atoms with E-state index in [1.54, 1.807) is 0 Å². The predicted molar refractivity (Wildman–Crippen MR) is 94.6 cm³/mol. The third-order valence-electron chi connectivity index (χ3n) is 4.24. The van der Waals surface area contributed by atoms with Crippen LogP contribution in [0.3, 0.4) is 0 Å². The molecule has 0 spiro atoms. The summed E-state index contributed by atoms with van der Waals surface area (Å²) in [4.78, 5) is 48.9. The second kappa shape index (κ2) is 9.25. The van der Waals surface area contributed by atoms with Crippen LogP contribution in [-0.2, 0) is 4.74 Å². The Labute approximate surface area is 162 Å². The number of rotatable bonds is 6. The number of aryl methyl sites for hydroxylation is 1. The monoisotopic (exact) mass is 421 g/mol. The SMILES string of the molecule is Cc1cn([C@@H]2O[C@H](CO)[C@@H](O)[C@H](O)[C@@H]2NC(=O)N(CCCl)N=O)c(=O)[nH]c1=O. The number of aliphatic hydroxyl groups excluding tert-OH is 3. The van der Waals surface area contributed by atoms with Crippen molar-refractivity contribution in [3.8, 4) is 0 Å². The van der Waals surface area contributed by atoms with Gasteiger partial charge in [-0.15, -0.1) is 16.5 Å². The minimum absolute atomic E-state index is 0.0971. The molecule has 1 aliphatic heterocycles. The number of aromatic nitrogens is 2.